The topological polar surface area (TPSA) is 75.3 Å². The van der Waals surface area contributed by atoms with Crippen LogP contribution in [0, 0.1) is 5.92 Å². The van der Waals surface area contributed by atoms with Crippen molar-refractivity contribution in [3.05, 3.63) is 47.3 Å². The van der Waals surface area contributed by atoms with Gasteiger partial charge in [0, 0.05) is 17.8 Å². The molecule has 5 nitrogen and oxygen atoms in total. The van der Waals surface area contributed by atoms with Crippen LogP contribution in [0.2, 0.25) is 0 Å². The van der Waals surface area contributed by atoms with Gasteiger partial charge in [0.2, 0.25) is 0 Å². The van der Waals surface area contributed by atoms with E-state index in [4.69, 9.17) is 0 Å². The lowest BCUT2D eigenvalue weighted by atomic mass is 10.1. The molecule has 0 saturated heterocycles. The Balaban J connectivity index is 2.14. The van der Waals surface area contributed by atoms with Crippen LogP contribution >= 0.6 is 11.3 Å². The third kappa shape index (κ3) is 4.32. The van der Waals surface area contributed by atoms with Crippen LogP contribution < -0.4 is 10.0 Å². The number of amides is 1. The van der Waals surface area contributed by atoms with Gasteiger partial charge >= 0.3 is 0 Å². The van der Waals surface area contributed by atoms with E-state index in [-0.39, 0.29) is 10.1 Å². The Kier molecular flexibility index (Phi) is 5.20. The number of carbonyl (C=O) groups excluding carboxylic acids is 1. The Morgan fingerprint density at radius 3 is 2.64 bits per heavy atom. The van der Waals surface area contributed by atoms with Gasteiger partial charge in [0.25, 0.3) is 15.9 Å². The molecule has 0 aliphatic rings. The quantitative estimate of drug-likeness (QED) is 0.850. The van der Waals surface area contributed by atoms with Crippen LogP contribution in [-0.4, -0.2) is 20.9 Å². The average Bonchev–Trinajstić information content (AvgIpc) is 2.99. The van der Waals surface area contributed by atoms with E-state index in [0.29, 0.717) is 23.7 Å². The molecule has 1 aromatic heterocycles. The second-order valence-corrected chi connectivity index (χ2v) is 8.08. The number of benzene rings is 1. The van der Waals surface area contributed by atoms with Crippen LogP contribution in [0.15, 0.2) is 46.0 Å². The Hall–Kier alpha value is -1.86. The Bertz CT molecular complexity index is 738. The third-order valence-electron chi connectivity index (χ3n) is 2.81. The molecule has 0 fully saturated rings. The predicted octanol–water partition coefficient (Wildman–Crippen LogP) is 2.93. The van der Waals surface area contributed by atoms with Crippen LogP contribution in [0.3, 0.4) is 0 Å². The van der Waals surface area contributed by atoms with Crippen molar-refractivity contribution in [2.24, 2.45) is 5.92 Å². The number of hydrogen-bond donors (Lipinski definition) is 2. The zero-order chi connectivity index (χ0) is 16.2. The maximum Gasteiger partial charge on any atom is 0.271 e. The van der Waals surface area contributed by atoms with Gasteiger partial charge in [0.15, 0.2) is 0 Å². The molecule has 1 aromatic carbocycles. The number of hydrogen-bond acceptors (Lipinski definition) is 4. The number of nitrogens with one attached hydrogen (secondary N) is 2. The minimum absolute atomic E-state index is 0.217. The van der Waals surface area contributed by atoms with Crippen molar-refractivity contribution in [3.63, 3.8) is 0 Å². The smallest absolute Gasteiger partial charge is 0.271 e. The molecule has 0 aliphatic carbocycles. The molecule has 1 amide bonds. The number of carbonyl (C=O) groups is 1. The SMILES string of the molecule is CC(C)CNC(=O)c1cccc(NS(=O)(=O)c2cccs2)c1. The van der Waals surface area contributed by atoms with E-state index in [9.17, 15) is 13.2 Å². The standard InChI is InChI=1S/C15H18N2O3S2/c1-11(2)10-16-15(18)12-5-3-6-13(9-12)17-22(19,20)14-7-4-8-21-14/h3-9,11,17H,10H2,1-2H3,(H,16,18). The van der Waals surface area contributed by atoms with Crippen molar-refractivity contribution in [2.45, 2.75) is 18.1 Å². The highest BCUT2D eigenvalue weighted by atomic mass is 32.2. The molecule has 0 aliphatic heterocycles. The fourth-order valence-corrected chi connectivity index (χ4v) is 3.79. The zero-order valence-corrected chi connectivity index (χ0v) is 14.0. The fraction of sp³-hybridized carbons (Fsp3) is 0.267. The molecule has 22 heavy (non-hydrogen) atoms. The summed E-state index contributed by atoms with van der Waals surface area (Å²) in [4.78, 5) is 12.0. The van der Waals surface area contributed by atoms with Crippen LogP contribution in [-0.2, 0) is 10.0 Å². The lowest BCUT2D eigenvalue weighted by Gasteiger charge is -2.10. The van der Waals surface area contributed by atoms with Crippen LogP contribution in [0.4, 0.5) is 5.69 Å². The monoisotopic (exact) mass is 338 g/mol. The first-order valence-corrected chi connectivity index (χ1v) is 9.19. The second kappa shape index (κ2) is 6.93. The van der Waals surface area contributed by atoms with E-state index < -0.39 is 10.0 Å². The summed E-state index contributed by atoms with van der Waals surface area (Å²) in [7, 11) is -3.60. The van der Waals surface area contributed by atoms with Gasteiger partial charge in [0.05, 0.1) is 0 Å². The molecule has 2 rings (SSSR count). The minimum atomic E-state index is -3.60. The van der Waals surface area contributed by atoms with E-state index in [1.807, 2.05) is 13.8 Å². The van der Waals surface area contributed by atoms with E-state index in [1.54, 1.807) is 29.6 Å². The third-order valence-corrected chi connectivity index (χ3v) is 5.59. The number of thiophene rings is 1. The average molecular weight is 338 g/mol. The van der Waals surface area contributed by atoms with Crippen molar-refractivity contribution >= 4 is 33.0 Å². The van der Waals surface area contributed by atoms with Gasteiger partial charge in [-0.2, -0.15) is 0 Å². The lowest BCUT2D eigenvalue weighted by Crippen LogP contribution is -2.27. The first-order chi connectivity index (χ1) is 10.4. The fourth-order valence-electron chi connectivity index (χ4n) is 1.74. The first-order valence-electron chi connectivity index (χ1n) is 6.83. The highest BCUT2D eigenvalue weighted by Gasteiger charge is 2.16. The Labute approximate surface area is 134 Å². The maximum atomic E-state index is 12.2. The van der Waals surface area contributed by atoms with Gasteiger partial charge < -0.3 is 5.32 Å². The van der Waals surface area contributed by atoms with E-state index >= 15 is 0 Å². The van der Waals surface area contributed by atoms with Gasteiger partial charge in [0.1, 0.15) is 4.21 Å². The summed E-state index contributed by atoms with van der Waals surface area (Å²) in [6.07, 6.45) is 0. The van der Waals surface area contributed by atoms with Crippen molar-refractivity contribution in [3.8, 4) is 0 Å². The van der Waals surface area contributed by atoms with Crippen molar-refractivity contribution in [1.29, 1.82) is 0 Å². The first kappa shape index (κ1) is 16.5. The summed E-state index contributed by atoms with van der Waals surface area (Å²) < 4.78 is 27.0. The molecule has 2 N–H and O–H groups in total. The van der Waals surface area contributed by atoms with Crippen molar-refractivity contribution in [2.75, 3.05) is 11.3 Å². The van der Waals surface area contributed by atoms with Gasteiger partial charge in [-0.1, -0.05) is 26.0 Å². The Morgan fingerprint density at radius 2 is 2.00 bits per heavy atom. The minimum Gasteiger partial charge on any atom is -0.352 e. The normalized spacial score (nSPS) is 11.4. The summed E-state index contributed by atoms with van der Waals surface area (Å²) in [6, 6.07) is 9.65. The zero-order valence-electron chi connectivity index (χ0n) is 12.4. The second-order valence-electron chi connectivity index (χ2n) is 5.22. The summed E-state index contributed by atoms with van der Waals surface area (Å²) in [5.74, 6) is 0.135. The summed E-state index contributed by atoms with van der Waals surface area (Å²) in [6.45, 7) is 4.59. The van der Waals surface area contributed by atoms with Gasteiger partial charge in [-0.25, -0.2) is 8.42 Å². The highest BCUT2D eigenvalue weighted by Crippen LogP contribution is 2.20. The predicted molar refractivity (Wildman–Crippen MR) is 88.7 cm³/mol. The molecule has 0 unspecified atom stereocenters. The van der Waals surface area contributed by atoms with Crippen LogP contribution in [0.25, 0.3) is 0 Å². The largest absolute Gasteiger partial charge is 0.352 e. The molecule has 0 bridgehead atoms. The van der Waals surface area contributed by atoms with Gasteiger partial charge in [-0.15, -0.1) is 11.3 Å². The van der Waals surface area contributed by atoms with E-state index in [1.165, 1.54) is 12.1 Å². The molecular formula is C15H18N2O3S2. The molecule has 118 valence electrons. The molecule has 0 spiro atoms. The van der Waals surface area contributed by atoms with E-state index in [2.05, 4.69) is 10.0 Å². The molecule has 2 aromatic rings. The van der Waals surface area contributed by atoms with Crippen LogP contribution in [0.1, 0.15) is 24.2 Å². The number of sulfonamides is 1. The van der Waals surface area contributed by atoms with Gasteiger partial charge in [-0.3, -0.25) is 9.52 Å². The summed E-state index contributed by atoms with van der Waals surface area (Å²) in [5.41, 5.74) is 0.789. The Morgan fingerprint density at radius 1 is 1.23 bits per heavy atom. The maximum absolute atomic E-state index is 12.2. The van der Waals surface area contributed by atoms with E-state index in [0.717, 1.165) is 11.3 Å². The lowest BCUT2D eigenvalue weighted by molar-refractivity contribution is 0.0949. The molecular weight excluding hydrogens is 320 g/mol. The van der Waals surface area contributed by atoms with Crippen LogP contribution in [0.5, 0.6) is 0 Å². The van der Waals surface area contributed by atoms with Gasteiger partial charge in [-0.05, 0) is 35.6 Å². The van der Waals surface area contributed by atoms with Crippen molar-refractivity contribution in [1.82, 2.24) is 5.32 Å². The highest BCUT2D eigenvalue weighted by molar-refractivity contribution is 7.94. The van der Waals surface area contributed by atoms with Crippen molar-refractivity contribution < 1.29 is 13.2 Å². The summed E-state index contributed by atoms with van der Waals surface area (Å²) in [5, 5.41) is 4.50. The summed E-state index contributed by atoms with van der Waals surface area (Å²) >= 11 is 1.14. The molecule has 1 heterocycles. The number of rotatable bonds is 6. The number of anilines is 1. The molecule has 0 atom stereocenters. The molecule has 0 saturated carbocycles. The molecule has 7 heteroatoms. The molecule has 0 radical (unpaired) electrons.